The number of likely N-dealkylation sites (tertiary alicyclic amines) is 1. The minimum absolute atomic E-state index is 0.0796. The van der Waals surface area contributed by atoms with E-state index in [2.05, 4.69) is 51.9 Å². The second-order valence-corrected chi connectivity index (χ2v) is 10.4. The Labute approximate surface area is 217 Å². The molecule has 1 spiro atoms. The van der Waals surface area contributed by atoms with E-state index < -0.39 is 0 Å². The Bertz CT molecular complexity index is 1020. The molecule has 2 amide bonds. The molecule has 2 saturated heterocycles. The Morgan fingerprint density at radius 3 is 2.58 bits per heavy atom. The van der Waals surface area contributed by atoms with Crippen LogP contribution in [0.15, 0.2) is 48.5 Å². The molecule has 2 aliphatic heterocycles. The number of benzene rings is 2. The van der Waals surface area contributed by atoms with Crippen LogP contribution in [0.25, 0.3) is 0 Å². The molecule has 0 saturated carbocycles. The number of aryl methyl sites for hydroxylation is 2. The number of nitrogens with zero attached hydrogens (tertiary/aromatic N) is 1. The van der Waals surface area contributed by atoms with Gasteiger partial charge in [-0.2, -0.15) is 0 Å². The molecule has 2 aromatic carbocycles. The van der Waals surface area contributed by atoms with Crippen molar-refractivity contribution in [3.05, 3.63) is 70.8 Å². The molecular weight excluding hydrogens is 446 g/mol. The number of nitrogens with one attached hydrogen (secondary N) is 2. The second-order valence-electron chi connectivity index (χ2n) is 10.4. The van der Waals surface area contributed by atoms with Crippen LogP contribution in [-0.4, -0.2) is 42.9 Å². The van der Waals surface area contributed by atoms with Crippen molar-refractivity contribution in [3.8, 4) is 0 Å². The van der Waals surface area contributed by atoms with E-state index in [9.17, 15) is 9.59 Å². The summed E-state index contributed by atoms with van der Waals surface area (Å²) in [6, 6.07) is 17.2. The largest absolute Gasteiger partial charge is 0.352 e. The average Bonchev–Trinajstić information content (AvgIpc) is 3.30. The van der Waals surface area contributed by atoms with Gasteiger partial charge >= 0.3 is 0 Å². The number of piperidine rings is 2. The van der Waals surface area contributed by atoms with Crippen LogP contribution in [0.4, 0.5) is 0 Å². The van der Waals surface area contributed by atoms with Crippen molar-refractivity contribution in [2.45, 2.75) is 77.2 Å². The van der Waals surface area contributed by atoms with E-state index in [1.54, 1.807) is 0 Å². The highest BCUT2D eigenvalue weighted by Gasteiger charge is 2.41. The van der Waals surface area contributed by atoms with Crippen molar-refractivity contribution in [1.82, 2.24) is 15.5 Å². The number of carbonyl (C=O) groups excluding carboxylic acids is 2. The smallest absolute Gasteiger partial charge is 0.224 e. The van der Waals surface area contributed by atoms with Gasteiger partial charge in [0, 0.05) is 32.6 Å². The summed E-state index contributed by atoms with van der Waals surface area (Å²) in [5.41, 5.74) is 5.60. The lowest BCUT2D eigenvalue weighted by atomic mass is 9.74. The van der Waals surface area contributed by atoms with Crippen LogP contribution < -0.4 is 10.6 Å². The summed E-state index contributed by atoms with van der Waals surface area (Å²) < 4.78 is 0. The van der Waals surface area contributed by atoms with Crippen LogP contribution in [0, 0.1) is 5.92 Å². The van der Waals surface area contributed by atoms with E-state index in [1.165, 1.54) is 24.0 Å². The predicted molar refractivity (Wildman–Crippen MR) is 146 cm³/mol. The zero-order valence-corrected chi connectivity index (χ0v) is 22.2. The van der Waals surface area contributed by atoms with E-state index >= 15 is 0 Å². The zero-order chi connectivity index (χ0) is 25.4. The van der Waals surface area contributed by atoms with Crippen molar-refractivity contribution >= 4 is 11.8 Å². The molecule has 194 valence electrons. The highest BCUT2D eigenvalue weighted by atomic mass is 16.2. The fourth-order valence-corrected chi connectivity index (χ4v) is 6.18. The van der Waals surface area contributed by atoms with E-state index in [0.29, 0.717) is 18.4 Å². The molecule has 3 aliphatic rings. The van der Waals surface area contributed by atoms with Crippen molar-refractivity contribution in [2.75, 3.05) is 26.2 Å². The lowest BCUT2D eigenvalue weighted by Crippen LogP contribution is -2.44. The normalized spacial score (nSPS) is 20.3. The third kappa shape index (κ3) is 6.18. The molecule has 0 radical (unpaired) electrons. The van der Waals surface area contributed by atoms with Gasteiger partial charge in [-0.15, -0.1) is 0 Å². The van der Waals surface area contributed by atoms with Gasteiger partial charge in [0.05, 0.1) is 5.92 Å². The fraction of sp³-hybridized carbons (Fsp3) is 0.548. The van der Waals surface area contributed by atoms with Crippen molar-refractivity contribution in [2.24, 2.45) is 5.92 Å². The van der Waals surface area contributed by atoms with E-state index in [4.69, 9.17) is 0 Å². The Morgan fingerprint density at radius 2 is 1.81 bits per heavy atom. The van der Waals surface area contributed by atoms with Gasteiger partial charge < -0.3 is 15.5 Å². The minimum atomic E-state index is 0.0796. The summed E-state index contributed by atoms with van der Waals surface area (Å²) in [7, 11) is 0. The van der Waals surface area contributed by atoms with Gasteiger partial charge in [0.1, 0.15) is 0 Å². The van der Waals surface area contributed by atoms with Crippen LogP contribution in [0.1, 0.15) is 74.6 Å². The van der Waals surface area contributed by atoms with Gasteiger partial charge in [-0.3, -0.25) is 9.59 Å². The van der Waals surface area contributed by atoms with Crippen LogP contribution in [-0.2, 0) is 34.4 Å². The van der Waals surface area contributed by atoms with Crippen molar-refractivity contribution < 1.29 is 9.59 Å². The molecule has 1 unspecified atom stereocenters. The molecule has 1 aliphatic carbocycles. The highest BCUT2D eigenvalue weighted by molar-refractivity contribution is 5.79. The van der Waals surface area contributed by atoms with E-state index in [1.807, 2.05) is 26.0 Å². The highest BCUT2D eigenvalue weighted by Crippen LogP contribution is 2.46. The summed E-state index contributed by atoms with van der Waals surface area (Å²) in [4.78, 5) is 27.4. The quantitative estimate of drug-likeness (QED) is 0.615. The maximum absolute atomic E-state index is 13.0. The van der Waals surface area contributed by atoms with Crippen molar-refractivity contribution in [1.29, 1.82) is 0 Å². The third-order valence-electron chi connectivity index (χ3n) is 8.29. The number of rotatable bonds is 6. The molecule has 0 aromatic heterocycles. The molecule has 2 aromatic rings. The Kier molecular flexibility index (Phi) is 9.19. The maximum atomic E-state index is 13.0. The molecule has 0 bridgehead atoms. The molecule has 2 fully saturated rings. The topological polar surface area (TPSA) is 61.4 Å². The first kappa shape index (κ1) is 26.4. The number of amides is 2. The van der Waals surface area contributed by atoms with Gasteiger partial charge in [-0.05, 0) is 79.2 Å². The summed E-state index contributed by atoms with van der Waals surface area (Å²) in [6.45, 7) is 8.08. The predicted octanol–water partition coefficient (Wildman–Crippen LogP) is 4.77. The van der Waals surface area contributed by atoms with Crippen molar-refractivity contribution in [3.63, 3.8) is 0 Å². The Morgan fingerprint density at radius 1 is 1.03 bits per heavy atom. The Balaban J connectivity index is 0.00000148. The maximum Gasteiger partial charge on any atom is 0.224 e. The second kappa shape index (κ2) is 12.5. The Hall–Kier alpha value is -2.66. The van der Waals surface area contributed by atoms with Gasteiger partial charge in [-0.1, -0.05) is 62.4 Å². The molecule has 2 heterocycles. The standard InChI is InChI=1S/C29H37N3O2.C2H6/c33-27(32-17-14-29(15-18-32)13-12-24-7-1-2-9-26(24)29)11-10-22-5-3-6-23(19-22)20-31-28(34)25-8-4-16-30-21-25;1-2/h1-3,5-7,9,19,25,30H,4,8,10-18,20-21H2,(H,31,34);1-2H3. The summed E-state index contributed by atoms with van der Waals surface area (Å²) in [5, 5.41) is 6.39. The minimum Gasteiger partial charge on any atom is -0.352 e. The van der Waals surface area contributed by atoms with Gasteiger partial charge in [0.15, 0.2) is 0 Å². The van der Waals surface area contributed by atoms with Crippen LogP contribution in [0.2, 0.25) is 0 Å². The number of fused-ring (bicyclic) bond motifs is 2. The molecule has 36 heavy (non-hydrogen) atoms. The van der Waals surface area contributed by atoms with Crippen LogP contribution >= 0.6 is 0 Å². The monoisotopic (exact) mass is 489 g/mol. The molecular formula is C31H43N3O2. The average molecular weight is 490 g/mol. The van der Waals surface area contributed by atoms with Crippen LogP contribution in [0.3, 0.4) is 0 Å². The number of hydrogen-bond donors (Lipinski definition) is 2. The first-order valence-electron chi connectivity index (χ1n) is 14.1. The number of carbonyl (C=O) groups is 2. The van der Waals surface area contributed by atoms with Crippen LogP contribution in [0.5, 0.6) is 0 Å². The molecule has 5 rings (SSSR count). The molecule has 5 heteroatoms. The lowest BCUT2D eigenvalue weighted by molar-refractivity contribution is -0.132. The zero-order valence-electron chi connectivity index (χ0n) is 22.2. The SMILES string of the molecule is CC.O=C(NCc1cccc(CCC(=O)N2CCC3(CCc4ccccc43)CC2)c1)C1CCCNC1. The first-order chi connectivity index (χ1) is 17.6. The third-order valence-corrected chi connectivity index (χ3v) is 8.29. The summed E-state index contributed by atoms with van der Waals surface area (Å²) in [6.07, 6.45) is 7.90. The molecule has 1 atom stereocenters. The van der Waals surface area contributed by atoms with E-state index in [0.717, 1.165) is 69.4 Å². The summed E-state index contributed by atoms with van der Waals surface area (Å²) in [5.74, 6) is 0.487. The van der Waals surface area contributed by atoms with Gasteiger partial charge in [0.2, 0.25) is 11.8 Å². The van der Waals surface area contributed by atoms with E-state index in [-0.39, 0.29) is 17.7 Å². The molecule has 5 nitrogen and oxygen atoms in total. The fourth-order valence-electron chi connectivity index (χ4n) is 6.18. The van der Waals surface area contributed by atoms with Gasteiger partial charge in [-0.25, -0.2) is 0 Å². The summed E-state index contributed by atoms with van der Waals surface area (Å²) >= 11 is 0. The molecule has 2 N–H and O–H groups in total. The van der Waals surface area contributed by atoms with Gasteiger partial charge in [0.25, 0.3) is 0 Å². The first-order valence-corrected chi connectivity index (χ1v) is 14.1. The number of hydrogen-bond acceptors (Lipinski definition) is 3. The lowest BCUT2D eigenvalue weighted by Gasteiger charge is -2.40.